The van der Waals surface area contributed by atoms with E-state index in [0.29, 0.717) is 6.54 Å². The minimum Gasteiger partial charge on any atom is -0.497 e. The van der Waals surface area contributed by atoms with Crippen LogP contribution >= 0.6 is 0 Å². The summed E-state index contributed by atoms with van der Waals surface area (Å²) >= 11 is 0. The molecule has 0 radical (unpaired) electrons. The normalized spacial score (nSPS) is 10.3. The second-order valence-corrected chi connectivity index (χ2v) is 4.45. The first kappa shape index (κ1) is 13.4. The number of nitrogens with zero attached hydrogens (tertiary/aromatic N) is 2. The van der Waals surface area contributed by atoms with Gasteiger partial charge in [0, 0.05) is 31.5 Å². The fraction of sp³-hybridized carbons (Fsp3) is 0.267. The Hall–Kier alpha value is -2.07. The van der Waals surface area contributed by atoms with E-state index in [0.717, 1.165) is 28.4 Å². The SMILES string of the molecule is COc1cccc(N(C)c2ncc(CN)cc2C)c1. The number of methoxy groups -OCH3 is 1. The van der Waals surface area contributed by atoms with Crippen LogP contribution in [0.15, 0.2) is 36.5 Å². The summed E-state index contributed by atoms with van der Waals surface area (Å²) in [4.78, 5) is 6.53. The minimum atomic E-state index is 0.511. The lowest BCUT2D eigenvalue weighted by atomic mass is 10.2. The Morgan fingerprint density at radius 1 is 1.32 bits per heavy atom. The zero-order valence-corrected chi connectivity index (χ0v) is 11.6. The highest BCUT2D eigenvalue weighted by Gasteiger charge is 2.09. The Morgan fingerprint density at radius 3 is 2.74 bits per heavy atom. The molecular formula is C15H19N3O. The molecule has 0 aliphatic heterocycles. The molecule has 2 aromatic rings. The summed E-state index contributed by atoms with van der Waals surface area (Å²) in [5.41, 5.74) is 8.81. The zero-order chi connectivity index (χ0) is 13.8. The topological polar surface area (TPSA) is 51.4 Å². The van der Waals surface area contributed by atoms with E-state index < -0.39 is 0 Å². The lowest BCUT2D eigenvalue weighted by Crippen LogP contribution is -2.13. The van der Waals surface area contributed by atoms with Crippen molar-refractivity contribution in [2.45, 2.75) is 13.5 Å². The highest BCUT2D eigenvalue weighted by Crippen LogP contribution is 2.27. The second-order valence-electron chi connectivity index (χ2n) is 4.45. The lowest BCUT2D eigenvalue weighted by molar-refractivity contribution is 0.415. The van der Waals surface area contributed by atoms with E-state index in [-0.39, 0.29) is 0 Å². The molecule has 2 N–H and O–H groups in total. The standard InChI is InChI=1S/C15H19N3O/c1-11-7-12(9-16)10-17-15(11)18(2)13-5-4-6-14(8-13)19-3/h4-8,10H,9,16H2,1-3H3. The van der Waals surface area contributed by atoms with Crippen LogP contribution < -0.4 is 15.4 Å². The number of benzene rings is 1. The molecule has 0 amide bonds. The zero-order valence-electron chi connectivity index (χ0n) is 11.6. The van der Waals surface area contributed by atoms with Crippen molar-refractivity contribution in [3.8, 4) is 5.75 Å². The third-order valence-electron chi connectivity index (χ3n) is 3.10. The van der Waals surface area contributed by atoms with Crippen LogP contribution in [0, 0.1) is 6.92 Å². The molecular weight excluding hydrogens is 238 g/mol. The number of aromatic nitrogens is 1. The Balaban J connectivity index is 2.35. The summed E-state index contributed by atoms with van der Waals surface area (Å²) < 4.78 is 5.24. The average molecular weight is 257 g/mol. The van der Waals surface area contributed by atoms with Crippen LogP contribution in [-0.4, -0.2) is 19.1 Å². The van der Waals surface area contributed by atoms with Crippen LogP contribution in [-0.2, 0) is 6.54 Å². The number of hydrogen-bond acceptors (Lipinski definition) is 4. The number of aryl methyl sites for hydroxylation is 1. The molecule has 0 bridgehead atoms. The van der Waals surface area contributed by atoms with E-state index in [9.17, 15) is 0 Å². The van der Waals surface area contributed by atoms with Crippen molar-refractivity contribution in [1.29, 1.82) is 0 Å². The van der Waals surface area contributed by atoms with Crippen LogP contribution in [0.5, 0.6) is 5.75 Å². The fourth-order valence-electron chi connectivity index (χ4n) is 2.03. The van der Waals surface area contributed by atoms with E-state index in [1.807, 2.05) is 49.3 Å². The fourth-order valence-corrected chi connectivity index (χ4v) is 2.03. The van der Waals surface area contributed by atoms with Gasteiger partial charge in [0.15, 0.2) is 0 Å². The van der Waals surface area contributed by atoms with Gasteiger partial charge in [0.2, 0.25) is 0 Å². The highest BCUT2D eigenvalue weighted by atomic mass is 16.5. The smallest absolute Gasteiger partial charge is 0.135 e. The first-order valence-corrected chi connectivity index (χ1v) is 6.19. The summed E-state index contributed by atoms with van der Waals surface area (Å²) in [5.74, 6) is 1.76. The Kier molecular flexibility index (Phi) is 4.02. The summed E-state index contributed by atoms with van der Waals surface area (Å²) in [6.45, 7) is 2.55. The van der Waals surface area contributed by atoms with Crippen LogP contribution in [0.3, 0.4) is 0 Å². The third kappa shape index (κ3) is 2.85. The van der Waals surface area contributed by atoms with Crippen molar-refractivity contribution in [3.63, 3.8) is 0 Å². The van der Waals surface area contributed by atoms with Gasteiger partial charge in [-0.25, -0.2) is 4.98 Å². The average Bonchev–Trinajstić information content (AvgIpc) is 2.46. The van der Waals surface area contributed by atoms with Gasteiger partial charge in [0.05, 0.1) is 7.11 Å². The van der Waals surface area contributed by atoms with Crippen LogP contribution in [0.4, 0.5) is 11.5 Å². The number of hydrogen-bond donors (Lipinski definition) is 1. The Labute approximate surface area is 113 Å². The summed E-state index contributed by atoms with van der Waals surface area (Å²) in [5, 5.41) is 0. The van der Waals surface area contributed by atoms with E-state index in [4.69, 9.17) is 10.5 Å². The summed E-state index contributed by atoms with van der Waals surface area (Å²) in [6.07, 6.45) is 1.82. The number of rotatable bonds is 4. The summed E-state index contributed by atoms with van der Waals surface area (Å²) in [6, 6.07) is 9.97. The van der Waals surface area contributed by atoms with E-state index in [2.05, 4.69) is 11.1 Å². The van der Waals surface area contributed by atoms with Gasteiger partial charge in [-0.3, -0.25) is 0 Å². The molecule has 0 fully saturated rings. The molecule has 0 aliphatic rings. The Morgan fingerprint density at radius 2 is 2.11 bits per heavy atom. The number of pyridine rings is 1. The number of anilines is 2. The van der Waals surface area contributed by atoms with E-state index in [1.54, 1.807) is 7.11 Å². The molecule has 4 heteroatoms. The van der Waals surface area contributed by atoms with Crippen molar-refractivity contribution in [1.82, 2.24) is 4.98 Å². The lowest BCUT2D eigenvalue weighted by Gasteiger charge is -2.21. The van der Waals surface area contributed by atoms with Crippen molar-refractivity contribution in [2.75, 3.05) is 19.1 Å². The van der Waals surface area contributed by atoms with Gasteiger partial charge >= 0.3 is 0 Å². The molecule has 2 rings (SSSR count). The molecule has 19 heavy (non-hydrogen) atoms. The van der Waals surface area contributed by atoms with Gasteiger partial charge in [0.25, 0.3) is 0 Å². The van der Waals surface area contributed by atoms with Crippen LogP contribution in [0.25, 0.3) is 0 Å². The maximum absolute atomic E-state index is 5.62. The summed E-state index contributed by atoms with van der Waals surface area (Å²) in [7, 11) is 3.66. The molecule has 4 nitrogen and oxygen atoms in total. The molecule has 1 heterocycles. The van der Waals surface area contributed by atoms with Crippen molar-refractivity contribution in [3.05, 3.63) is 47.7 Å². The quantitative estimate of drug-likeness (QED) is 0.914. The molecule has 1 aromatic heterocycles. The van der Waals surface area contributed by atoms with Gasteiger partial charge in [-0.15, -0.1) is 0 Å². The first-order valence-electron chi connectivity index (χ1n) is 6.19. The highest BCUT2D eigenvalue weighted by molar-refractivity contribution is 5.63. The van der Waals surface area contributed by atoms with Crippen molar-refractivity contribution in [2.24, 2.45) is 5.73 Å². The third-order valence-corrected chi connectivity index (χ3v) is 3.10. The van der Waals surface area contributed by atoms with Gasteiger partial charge < -0.3 is 15.4 Å². The molecule has 0 aliphatic carbocycles. The number of nitrogens with two attached hydrogens (primary N) is 1. The molecule has 1 aromatic carbocycles. The Bertz CT molecular complexity index is 569. The maximum atomic E-state index is 5.62. The molecule has 0 saturated carbocycles. The van der Waals surface area contributed by atoms with E-state index in [1.165, 1.54) is 0 Å². The molecule has 100 valence electrons. The van der Waals surface area contributed by atoms with Crippen molar-refractivity contribution >= 4 is 11.5 Å². The second kappa shape index (κ2) is 5.71. The van der Waals surface area contributed by atoms with Crippen LogP contribution in [0.1, 0.15) is 11.1 Å². The van der Waals surface area contributed by atoms with Gasteiger partial charge in [-0.2, -0.15) is 0 Å². The molecule has 0 atom stereocenters. The number of ether oxygens (including phenoxy) is 1. The molecule has 0 spiro atoms. The molecule has 0 saturated heterocycles. The largest absolute Gasteiger partial charge is 0.497 e. The van der Waals surface area contributed by atoms with Crippen LogP contribution in [0.2, 0.25) is 0 Å². The van der Waals surface area contributed by atoms with Gasteiger partial charge in [-0.1, -0.05) is 6.07 Å². The van der Waals surface area contributed by atoms with Gasteiger partial charge in [-0.05, 0) is 36.2 Å². The van der Waals surface area contributed by atoms with Crippen molar-refractivity contribution < 1.29 is 4.74 Å². The van der Waals surface area contributed by atoms with Gasteiger partial charge in [0.1, 0.15) is 11.6 Å². The predicted octanol–water partition coefficient (Wildman–Crippen LogP) is 2.63. The molecule has 0 unspecified atom stereocenters. The minimum absolute atomic E-state index is 0.511. The monoisotopic (exact) mass is 257 g/mol. The van der Waals surface area contributed by atoms with E-state index >= 15 is 0 Å². The first-order chi connectivity index (χ1) is 9.15. The predicted molar refractivity (Wildman–Crippen MR) is 77.9 cm³/mol. The maximum Gasteiger partial charge on any atom is 0.135 e.